The van der Waals surface area contributed by atoms with Gasteiger partial charge in [0.1, 0.15) is 0 Å². The maximum absolute atomic E-state index is 4.32. The Labute approximate surface area is 125 Å². The predicted octanol–water partition coefficient (Wildman–Crippen LogP) is 2.93. The van der Waals surface area contributed by atoms with Crippen LogP contribution in [0.25, 0.3) is 0 Å². The zero-order valence-electron chi connectivity index (χ0n) is 12.3. The summed E-state index contributed by atoms with van der Waals surface area (Å²) in [6.07, 6.45) is 1.10. The molecule has 0 radical (unpaired) electrons. The maximum atomic E-state index is 4.32. The van der Waals surface area contributed by atoms with Crippen molar-refractivity contribution in [3.63, 3.8) is 0 Å². The van der Waals surface area contributed by atoms with Crippen LogP contribution in [0.4, 0.5) is 0 Å². The molecule has 1 aromatic carbocycles. The van der Waals surface area contributed by atoms with Crippen LogP contribution in [0.5, 0.6) is 0 Å². The molecule has 0 aliphatic carbocycles. The first-order chi connectivity index (χ1) is 9.78. The third-order valence-electron chi connectivity index (χ3n) is 3.23. The summed E-state index contributed by atoms with van der Waals surface area (Å²) >= 11 is 1.66. The molecule has 20 heavy (non-hydrogen) atoms. The lowest BCUT2D eigenvalue weighted by atomic mass is 10.1. The molecule has 0 aliphatic rings. The summed E-state index contributed by atoms with van der Waals surface area (Å²) in [6.45, 7) is 6.11. The highest BCUT2D eigenvalue weighted by Gasteiger charge is 2.03. The largest absolute Gasteiger partial charge is 0.317 e. The van der Waals surface area contributed by atoms with Crippen molar-refractivity contribution in [1.29, 1.82) is 0 Å². The topological polar surface area (TPSA) is 28.2 Å². The van der Waals surface area contributed by atoms with E-state index in [4.69, 9.17) is 0 Å². The van der Waals surface area contributed by atoms with Crippen LogP contribution in [-0.4, -0.2) is 30.0 Å². The van der Waals surface area contributed by atoms with Crippen molar-refractivity contribution in [3.8, 4) is 0 Å². The highest BCUT2D eigenvalue weighted by Crippen LogP contribution is 2.10. The molecule has 0 aliphatic heterocycles. The number of thiazole rings is 1. The van der Waals surface area contributed by atoms with Gasteiger partial charge in [-0.05, 0) is 37.7 Å². The van der Waals surface area contributed by atoms with E-state index in [2.05, 4.69) is 58.8 Å². The second-order valence-electron chi connectivity index (χ2n) is 5.07. The van der Waals surface area contributed by atoms with Gasteiger partial charge in [0, 0.05) is 18.5 Å². The van der Waals surface area contributed by atoms with Crippen LogP contribution < -0.4 is 5.32 Å². The first-order valence-electron chi connectivity index (χ1n) is 7.12. The minimum atomic E-state index is 0.908. The molecule has 108 valence electrons. The summed E-state index contributed by atoms with van der Waals surface area (Å²) in [5.74, 6) is 0. The molecule has 0 unspecified atom stereocenters. The van der Waals surface area contributed by atoms with Crippen LogP contribution in [0, 0.1) is 0 Å². The van der Waals surface area contributed by atoms with Gasteiger partial charge in [-0.15, -0.1) is 11.3 Å². The van der Waals surface area contributed by atoms with Gasteiger partial charge in [-0.2, -0.15) is 0 Å². The van der Waals surface area contributed by atoms with E-state index in [1.165, 1.54) is 11.1 Å². The van der Waals surface area contributed by atoms with E-state index in [1.54, 1.807) is 11.3 Å². The van der Waals surface area contributed by atoms with E-state index in [1.807, 2.05) is 5.51 Å². The van der Waals surface area contributed by atoms with Crippen LogP contribution in [0.2, 0.25) is 0 Å². The second kappa shape index (κ2) is 8.15. The average molecular weight is 289 g/mol. The summed E-state index contributed by atoms with van der Waals surface area (Å²) < 4.78 is 0. The van der Waals surface area contributed by atoms with Crippen molar-refractivity contribution < 1.29 is 0 Å². The fourth-order valence-corrected chi connectivity index (χ4v) is 2.73. The maximum Gasteiger partial charge on any atom is 0.0795 e. The molecule has 0 saturated carbocycles. The molecule has 1 N–H and O–H groups in total. The van der Waals surface area contributed by atoms with Crippen LogP contribution in [-0.2, 0) is 19.5 Å². The lowest BCUT2D eigenvalue weighted by molar-refractivity contribution is 0.316. The van der Waals surface area contributed by atoms with Crippen LogP contribution in [0.15, 0.2) is 35.2 Å². The van der Waals surface area contributed by atoms with Gasteiger partial charge in [0.05, 0.1) is 11.2 Å². The number of nitrogens with zero attached hydrogens (tertiary/aromatic N) is 2. The quantitative estimate of drug-likeness (QED) is 0.757. The summed E-state index contributed by atoms with van der Waals surface area (Å²) in [5, 5.41) is 5.47. The van der Waals surface area contributed by atoms with Crippen molar-refractivity contribution in [2.45, 2.75) is 26.4 Å². The molecule has 0 fully saturated rings. The lowest BCUT2D eigenvalue weighted by Crippen LogP contribution is -2.17. The number of nitrogens with one attached hydrogen (secondary N) is 1. The number of hydrogen-bond acceptors (Lipinski definition) is 4. The smallest absolute Gasteiger partial charge is 0.0795 e. The highest BCUT2D eigenvalue weighted by atomic mass is 32.1. The monoisotopic (exact) mass is 289 g/mol. The average Bonchev–Trinajstić information content (AvgIpc) is 2.94. The molecule has 0 bridgehead atoms. The van der Waals surface area contributed by atoms with E-state index in [0.29, 0.717) is 0 Å². The van der Waals surface area contributed by atoms with Crippen molar-refractivity contribution in [1.82, 2.24) is 15.2 Å². The number of aromatic nitrogens is 1. The highest BCUT2D eigenvalue weighted by molar-refractivity contribution is 7.07. The molecule has 1 aromatic heterocycles. The Morgan fingerprint density at radius 2 is 1.90 bits per heavy atom. The molecule has 0 amide bonds. The molecule has 2 rings (SSSR count). The van der Waals surface area contributed by atoms with Gasteiger partial charge in [0.15, 0.2) is 0 Å². The van der Waals surface area contributed by atoms with Crippen molar-refractivity contribution in [2.24, 2.45) is 0 Å². The third kappa shape index (κ3) is 5.04. The molecule has 4 heteroatoms. The molecule has 1 heterocycles. The van der Waals surface area contributed by atoms with Gasteiger partial charge in [0.25, 0.3) is 0 Å². The van der Waals surface area contributed by atoms with Gasteiger partial charge in [-0.1, -0.05) is 31.2 Å². The molecule has 0 atom stereocenters. The standard InChI is InChI=1S/C16H23N3S/c1-3-17-9-8-14-4-6-15(7-5-14)10-19(2)11-16-12-20-13-18-16/h4-7,12-13,17H,3,8-11H2,1-2H3. The Morgan fingerprint density at radius 1 is 1.15 bits per heavy atom. The minimum absolute atomic E-state index is 0.908. The summed E-state index contributed by atoms with van der Waals surface area (Å²) in [6, 6.07) is 8.95. The van der Waals surface area contributed by atoms with Gasteiger partial charge in [0.2, 0.25) is 0 Å². The second-order valence-corrected chi connectivity index (χ2v) is 5.79. The van der Waals surface area contributed by atoms with Crippen LogP contribution >= 0.6 is 11.3 Å². The van der Waals surface area contributed by atoms with Gasteiger partial charge in [-0.3, -0.25) is 4.90 Å². The van der Waals surface area contributed by atoms with E-state index < -0.39 is 0 Å². The van der Waals surface area contributed by atoms with E-state index in [9.17, 15) is 0 Å². The molecular weight excluding hydrogens is 266 g/mol. The Bertz CT molecular complexity index is 479. The Morgan fingerprint density at radius 3 is 2.55 bits per heavy atom. The van der Waals surface area contributed by atoms with Crippen LogP contribution in [0.3, 0.4) is 0 Å². The zero-order chi connectivity index (χ0) is 14.2. The SMILES string of the molecule is CCNCCc1ccc(CN(C)Cc2cscn2)cc1. The van der Waals surface area contributed by atoms with Gasteiger partial charge >= 0.3 is 0 Å². The first-order valence-corrected chi connectivity index (χ1v) is 8.06. The third-order valence-corrected chi connectivity index (χ3v) is 3.87. The number of rotatable bonds is 8. The van der Waals surface area contributed by atoms with E-state index in [0.717, 1.165) is 38.3 Å². The first kappa shape index (κ1) is 15.2. The Balaban J connectivity index is 1.80. The summed E-state index contributed by atoms with van der Waals surface area (Å²) in [4.78, 5) is 6.62. The molecular formula is C16H23N3S. The van der Waals surface area contributed by atoms with Crippen LogP contribution in [0.1, 0.15) is 23.7 Å². The zero-order valence-corrected chi connectivity index (χ0v) is 13.1. The lowest BCUT2D eigenvalue weighted by Gasteiger charge is -2.15. The number of hydrogen-bond donors (Lipinski definition) is 1. The molecule has 0 saturated heterocycles. The predicted molar refractivity (Wildman–Crippen MR) is 86.0 cm³/mol. The summed E-state index contributed by atoms with van der Waals surface area (Å²) in [7, 11) is 2.14. The number of likely N-dealkylation sites (N-methyl/N-ethyl adjacent to an activating group) is 1. The molecule has 2 aromatic rings. The fraction of sp³-hybridized carbons (Fsp3) is 0.438. The normalized spacial score (nSPS) is 11.2. The van der Waals surface area contributed by atoms with Gasteiger partial charge < -0.3 is 5.32 Å². The van der Waals surface area contributed by atoms with E-state index >= 15 is 0 Å². The summed E-state index contributed by atoms with van der Waals surface area (Å²) in [5.41, 5.74) is 5.80. The van der Waals surface area contributed by atoms with Gasteiger partial charge in [-0.25, -0.2) is 4.98 Å². The molecule has 0 spiro atoms. The Hall–Kier alpha value is -1.23. The minimum Gasteiger partial charge on any atom is -0.317 e. The fourth-order valence-electron chi connectivity index (χ4n) is 2.18. The van der Waals surface area contributed by atoms with Crippen molar-refractivity contribution in [2.75, 3.05) is 20.1 Å². The Kier molecular flexibility index (Phi) is 6.18. The van der Waals surface area contributed by atoms with Crippen molar-refractivity contribution >= 4 is 11.3 Å². The number of benzene rings is 1. The van der Waals surface area contributed by atoms with Crippen molar-refractivity contribution in [3.05, 3.63) is 52.0 Å². The molecule has 3 nitrogen and oxygen atoms in total. The van der Waals surface area contributed by atoms with E-state index in [-0.39, 0.29) is 0 Å².